The Morgan fingerprint density at radius 3 is 3.11 bits per heavy atom. The fourth-order valence-corrected chi connectivity index (χ4v) is 3.29. The van der Waals surface area contributed by atoms with Gasteiger partial charge in [0.25, 0.3) is 5.91 Å². The van der Waals surface area contributed by atoms with Crippen molar-refractivity contribution < 1.29 is 4.79 Å². The second kappa shape index (κ2) is 5.61. The average molecular weight is 265 g/mol. The molecule has 0 bridgehead atoms. The molecular weight excluding hydrogens is 246 g/mol. The summed E-state index contributed by atoms with van der Waals surface area (Å²) < 4.78 is 0.191. The van der Waals surface area contributed by atoms with Crippen LogP contribution in [0.3, 0.4) is 0 Å². The fraction of sp³-hybridized carbons (Fsp3) is 0.538. The van der Waals surface area contributed by atoms with Crippen LogP contribution in [0.15, 0.2) is 18.3 Å². The molecule has 1 aliphatic heterocycles. The van der Waals surface area contributed by atoms with Crippen LogP contribution in [0.1, 0.15) is 30.3 Å². The van der Waals surface area contributed by atoms with Crippen molar-refractivity contribution >= 4 is 23.4 Å². The number of hydrogen-bond acceptors (Lipinski definition) is 4. The molecule has 1 aromatic heterocycles. The van der Waals surface area contributed by atoms with Crippen LogP contribution >= 0.6 is 11.8 Å². The van der Waals surface area contributed by atoms with Crippen LogP contribution in [0.25, 0.3) is 0 Å². The quantitative estimate of drug-likeness (QED) is 0.876. The van der Waals surface area contributed by atoms with Gasteiger partial charge in [-0.2, -0.15) is 11.8 Å². The van der Waals surface area contributed by atoms with E-state index in [-0.39, 0.29) is 10.7 Å². The van der Waals surface area contributed by atoms with E-state index in [2.05, 4.69) is 22.5 Å². The number of thioether (sulfide) groups is 1. The van der Waals surface area contributed by atoms with Crippen molar-refractivity contribution in [1.29, 1.82) is 0 Å². The van der Waals surface area contributed by atoms with Crippen molar-refractivity contribution in [1.82, 2.24) is 10.3 Å². The molecule has 5 heteroatoms. The molecule has 1 unspecified atom stereocenters. The monoisotopic (exact) mass is 265 g/mol. The van der Waals surface area contributed by atoms with Crippen molar-refractivity contribution in [3.63, 3.8) is 0 Å². The van der Waals surface area contributed by atoms with E-state index in [1.165, 1.54) is 18.6 Å². The Morgan fingerprint density at radius 2 is 2.44 bits per heavy atom. The second-order valence-corrected chi connectivity index (χ2v) is 6.45. The minimum absolute atomic E-state index is 0.0965. The summed E-state index contributed by atoms with van der Waals surface area (Å²) in [5.74, 6) is 1.10. The number of nitrogens with one attached hydrogen (secondary N) is 2. The predicted molar refractivity (Wildman–Crippen MR) is 76.2 cm³/mol. The zero-order chi connectivity index (χ0) is 13.0. The van der Waals surface area contributed by atoms with E-state index in [0.29, 0.717) is 12.2 Å². The summed E-state index contributed by atoms with van der Waals surface area (Å²) in [7, 11) is 1.83. The predicted octanol–water partition coefficient (Wildman–Crippen LogP) is 2.14. The van der Waals surface area contributed by atoms with Gasteiger partial charge in [0.05, 0.1) is 0 Å². The highest BCUT2D eigenvalue weighted by molar-refractivity contribution is 8.00. The van der Waals surface area contributed by atoms with Crippen molar-refractivity contribution in [3.05, 3.63) is 24.0 Å². The van der Waals surface area contributed by atoms with Gasteiger partial charge in [0, 0.05) is 30.2 Å². The number of hydrogen-bond donors (Lipinski definition) is 2. The number of pyridine rings is 1. The molecule has 0 radical (unpaired) electrons. The zero-order valence-electron chi connectivity index (χ0n) is 10.8. The summed E-state index contributed by atoms with van der Waals surface area (Å²) in [5, 5.41) is 5.99. The molecular formula is C13H19N3OS. The molecule has 2 rings (SSSR count). The lowest BCUT2D eigenvalue weighted by Gasteiger charge is -2.22. The van der Waals surface area contributed by atoms with Gasteiger partial charge in [0.1, 0.15) is 5.69 Å². The average Bonchev–Trinajstić information content (AvgIpc) is 2.83. The maximum absolute atomic E-state index is 12.0. The molecule has 1 aromatic rings. The first-order chi connectivity index (χ1) is 8.63. The number of nitrogens with zero attached hydrogens (tertiary/aromatic N) is 1. The lowest BCUT2D eigenvalue weighted by Crippen LogP contribution is -2.37. The SMILES string of the molecule is CNc1ccnc(C(=O)NCC2(C)CCCS2)c1. The zero-order valence-corrected chi connectivity index (χ0v) is 11.6. The summed E-state index contributed by atoms with van der Waals surface area (Å²) in [4.78, 5) is 16.1. The summed E-state index contributed by atoms with van der Waals surface area (Å²) >= 11 is 1.94. The van der Waals surface area contributed by atoms with E-state index in [1.54, 1.807) is 12.3 Å². The van der Waals surface area contributed by atoms with Gasteiger partial charge in [-0.1, -0.05) is 0 Å². The van der Waals surface area contributed by atoms with Crippen LogP contribution in [0, 0.1) is 0 Å². The molecule has 0 saturated carbocycles. The fourth-order valence-electron chi connectivity index (χ4n) is 2.04. The molecule has 18 heavy (non-hydrogen) atoms. The highest BCUT2D eigenvalue weighted by atomic mass is 32.2. The standard InChI is InChI=1S/C13H19N3OS/c1-13(5-3-7-18-13)9-16-12(17)11-8-10(14-2)4-6-15-11/h4,6,8H,3,5,7,9H2,1-2H3,(H,14,15)(H,16,17). The van der Waals surface area contributed by atoms with Crippen molar-refractivity contribution in [2.45, 2.75) is 24.5 Å². The molecule has 2 N–H and O–H groups in total. The van der Waals surface area contributed by atoms with E-state index in [0.717, 1.165) is 5.69 Å². The van der Waals surface area contributed by atoms with E-state index in [9.17, 15) is 4.79 Å². The first-order valence-electron chi connectivity index (χ1n) is 6.19. The smallest absolute Gasteiger partial charge is 0.270 e. The molecule has 0 spiro atoms. The molecule has 1 fully saturated rings. The van der Waals surface area contributed by atoms with Crippen molar-refractivity contribution in [2.24, 2.45) is 0 Å². The number of anilines is 1. The molecule has 0 aromatic carbocycles. The van der Waals surface area contributed by atoms with Gasteiger partial charge < -0.3 is 10.6 Å². The largest absolute Gasteiger partial charge is 0.388 e. The molecule has 1 amide bonds. The summed E-state index contributed by atoms with van der Waals surface area (Å²) in [6, 6.07) is 3.60. The number of carbonyl (C=O) groups excluding carboxylic acids is 1. The third-order valence-corrected chi connectivity index (χ3v) is 4.74. The van der Waals surface area contributed by atoms with E-state index < -0.39 is 0 Å². The molecule has 0 aliphatic carbocycles. The van der Waals surface area contributed by atoms with Crippen LogP contribution in [0.2, 0.25) is 0 Å². The van der Waals surface area contributed by atoms with Crippen LogP contribution in [-0.4, -0.2) is 35.0 Å². The molecule has 1 saturated heterocycles. The van der Waals surface area contributed by atoms with Gasteiger partial charge in [-0.05, 0) is 37.7 Å². The van der Waals surface area contributed by atoms with Crippen LogP contribution in [0.4, 0.5) is 5.69 Å². The van der Waals surface area contributed by atoms with Gasteiger partial charge >= 0.3 is 0 Å². The van der Waals surface area contributed by atoms with Gasteiger partial charge in [-0.15, -0.1) is 0 Å². The normalized spacial score (nSPS) is 22.8. The Kier molecular flexibility index (Phi) is 4.11. The highest BCUT2D eigenvalue weighted by Crippen LogP contribution is 2.36. The maximum Gasteiger partial charge on any atom is 0.270 e. The Morgan fingerprint density at radius 1 is 1.61 bits per heavy atom. The topological polar surface area (TPSA) is 54.0 Å². The van der Waals surface area contributed by atoms with E-state index in [1.807, 2.05) is 24.9 Å². The Balaban J connectivity index is 1.94. The number of amides is 1. The molecule has 98 valence electrons. The van der Waals surface area contributed by atoms with Gasteiger partial charge in [-0.3, -0.25) is 9.78 Å². The van der Waals surface area contributed by atoms with E-state index >= 15 is 0 Å². The first kappa shape index (κ1) is 13.2. The van der Waals surface area contributed by atoms with E-state index in [4.69, 9.17) is 0 Å². The third kappa shape index (κ3) is 3.16. The van der Waals surface area contributed by atoms with Crippen LogP contribution in [-0.2, 0) is 0 Å². The number of rotatable bonds is 4. The molecule has 4 nitrogen and oxygen atoms in total. The lowest BCUT2D eigenvalue weighted by atomic mass is 10.1. The minimum Gasteiger partial charge on any atom is -0.388 e. The van der Waals surface area contributed by atoms with Crippen molar-refractivity contribution in [2.75, 3.05) is 24.7 Å². The summed E-state index contributed by atoms with van der Waals surface area (Å²) in [6.07, 6.45) is 4.05. The summed E-state index contributed by atoms with van der Waals surface area (Å²) in [5.41, 5.74) is 1.37. The van der Waals surface area contributed by atoms with Crippen LogP contribution < -0.4 is 10.6 Å². The highest BCUT2D eigenvalue weighted by Gasteiger charge is 2.29. The van der Waals surface area contributed by atoms with Crippen molar-refractivity contribution in [3.8, 4) is 0 Å². The minimum atomic E-state index is -0.0965. The number of aromatic nitrogens is 1. The second-order valence-electron chi connectivity index (χ2n) is 4.76. The Bertz CT molecular complexity index is 430. The first-order valence-corrected chi connectivity index (χ1v) is 7.17. The van der Waals surface area contributed by atoms with Crippen LogP contribution in [0.5, 0.6) is 0 Å². The lowest BCUT2D eigenvalue weighted by molar-refractivity contribution is 0.0945. The van der Waals surface area contributed by atoms with Gasteiger partial charge in [0.15, 0.2) is 0 Å². The molecule has 2 heterocycles. The van der Waals surface area contributed by atoms with Gasteiger partial charge in [0.2, 0.25) is 0 Å². The Labute approximate surface area is 112 Å². The van der Waals surface area contributed by atoms with Gasteiger partial charge in [-0.25, -0.2) is 0 Å². The molecule has 1 aliphatic rings. The maximum atomic E-state index is 12.0. The number of carbonyl (C=O) groups is 1. The Hall–Kier alpha value is -1.23. The third-order valence-electron chi connectivity index (χ3n) is 3.20. The summed E-state index contributed by atoms with van der Waals surface area (Å²) in [6.45, 7) is 2.92. The molecule has 1 atom stereocenters.